The molecule has 19 heavy (non-hydrogen) atoms. The average Bonchev–Trinajstić information content (AvgIpc) is 2.67. The molecule has 0 bridgehead atoms. The maximum absolute atomic E-state index is 11.9. The van der Waals surface area contributed by atoms with Gasteiger partial charge in [-0.05, 0) is 28.4 Å². The van der Waals surface area contributed by atoms with Gasteiger partial charge in [-0.2, -0.15) is 5.10 Å². The largest absolute Gasteiger partial charge is 0.403 e. The molecule has 96 valence electrons. The molecule has 0 amide bonds. The van der Waals surface area contributed by atoms with E-state index in [1.54, 1.807) is 11.7 Å². The predicted molar refractivity (Wildman–Crippen MR) is 77.1 cm³/mol. The molecule has 0 aliphatic heterocycles. The summed E-state index contributed by atoms with van der Waals surface area (Å²) in [5.74, 6) is 0. The van der Waals surface area contributed by atoms with E-state index in [4.69, 9.17) is 4.42 Å². The van der Waals surface area contributed by atoms with E-state index in [1.807, 2.05) is 37.3 Å². The Hall–Kier alpha value is -1.88. The lowest BCUT2D eigenvalue weighted by Crippen LogP contribution is -2.03. The number of aryl methyl sites for hydroxylation is 2. The van der Waals surface area contributed by atoms with Gasteiger partial charge in [0.15, 0.2) is 0 Å². The van der Waals surface area contributed by atoms with E-state index in [-0.39, 0.29) is 0 Å². The zero-order valence-electron chi connectivity index (χ0n) is 10.5. The van der Waals surface area contributed by atoms with Gasteiger partial charge >= 0.3 is 5.63 Å². The van der Waals surface area contributed by atoms with Gasteiger partial charge in [-0.1, -0.05) is 30.3 Å². The molecule has 2 aromatic heterocycles. The van der Waals surface area contributed by atoms with Crippen molar-refractivity contribution in [3.8, 4) is 11.1 Å². The Morgan fingerprint density at radius 3 is 2.63 bits per heavy atom. The molecular formula is C14H11BrN2O2. The quantitative estimate of drug-likeness (QED) is 0.692. The second-order valence-electron chi connectivity index (χ2n) is 4.33. The second-order valence-corrected chi connectivity index (χ2v) is 5.13. The Labute approximate surface area is 117 Å². The van der Waals surface area contributed by atoms with Crippen LogP contribution in [-0.4, -0.2) is 9.78 Å². The van der Waals surface area contributed by atoms with Crippen molar-refractivity contribution in [3.05, 3.63) is 50.9 Å². The number of nitrogens with zero attached hydrogens (tertiary/aromatic N) is 2. The van der Waals surface area contributed by atoms with Gasteiger partial charge in [0.05, 0.1) is 11.1 Å². The summed E-state index contributed by atoms with van der Waals surface area (Å²) in [6.45, 7) is 1.90. The van der Waals surface area contributed by atoms with Crippen LogP contribution >= 0.6 is 15.9 Å². The Kier molecular flexibility index (Phi) is 2.78. The molecule has 0 aliphatic rings. The fourth-order valence-corrected chi connectivity index (χ4v) is 2.77. The van der Waals surface area contributed by atoms with Gasteiger partial charge in [0.1, 0.15) is 4.47 Å². The van der Waals surface area contributed by atoms with E-state index in [0.717, 1.165) is 22.2 Å². The third-order valence-corrected chi connectivity index (χ3v) is 3.79. The first kappa shape index (κ1) is 12.2. The van der Waals surface area contributed by atoms with Crippen molar-refractivity contribution in [3.63, 3.8) is 0 Å². The molecule has 0 spiro atoms. The van der Waals surface area contributed by atoms with Crippen LogP contribution in [0.3, 0.4) is 0 Å². The first-order valence-electron chi connectivity index (χ1n) is 5.81. The summed E-state index contributed by atoms with van der Waals surface area (Å²) in [7, 11) is 1.76. The van der Waals surface area contributed by atoms with Crippen molar-refractivity contribution in [2.24, 2.45) is 7.05 Å². The second kappa shape index (κ2) is 4.35. The molecule has 3 aromatic rings. The van der Waals surface area contributed by atoms with E-state index < -0.39 is 5.63 Å². The highest BCUT2D eigenvalue weighted by Crippen LogP contribution is 2.34. The summed E-state index contributed by atoms with van der Waals surface area (Å²) >= 11 is 3.34. The number of hydrogen-bond acceptors (Lipinski definition) is 3. The van der Waals surface area contributed by atoms with Crippen molar-refractivity contribution in [2.75, 3.05) is 0 Å². The van der Waals surface area contributed by atoms with E-state index in [1.165, 1.54) is 0 Å². The summed E-state index contributed by atoms with van der Waals surface area (Å²) in [5, 5.41) is 5.18. The maximum atomic E-state index is 11.9. The Balaban J connectivity index is 2.53. The maximum Gasteiger partial charge on any atom is 0.352 e. The smallest absolute Gasteiger partial charge is 0.352 e. The van der Waals surface area contributed by atoms with Crippen LogP contribution in [-0.2, 0) is 7.05 Å². The molecule has 0 radical (unpaired) electrons. The van der Waals surface area contributed by atoms with Crippen LogP contribution < -0.4 is 5.63 Å². The summed E-state index contributed by atoms with van der Waals surface area (Å²) in [5.41, 5.74) is 2.72. The van der Waals surface area contributed by atoms with Gasteiger partial charge in [0, 0.05) is 12.6 Å². The molecule has 4 nitrogen and oxygen atoms in total. The molecule has 0 fully saturated rings. The molecule has 0 atom stereocenters. The number of halogens is 1. The summed E-state index contributed by atoms with van der Waals surface area (Å²) in [4.78, 5) is 11.9. The van der Waals surface area contributed by atoms with Crippen molar-refractivity contribution < 1.29 is 4.42 Å². The van der Waals surface area contributed by atoms with E-state index >= 15 is 0 Å². The van der Waals surface area contributed by atoms with Crippen LogP contribution in [0.1, 0.15) is 5.69 Å². The molecule has 0 saturated heterocycles. The molecule has 5 heteroatoms. The lowest BCUT2D eigenvalue weighted by atomic mass is 10.0. The Morgan fingerprint density at radius 2 is 1.95 bits per heavy atom. The third kappa shape index (κ3) is 1.81. The van der Waals surface area contributed by atoms with E-state index in [2.05, 4.69) is 21.0 Å². The Bertz CT molecular complexity index is 819. The number of fused-ring (bicyclic) bond motifs is 1. The van der Waals surface area contributed by atoms with Gasteiger partial charge in [-0.25, -0.2) is 9.48 Å². The van der Waals surface area contributed by atoms with E-state index in [9.17, 15) is 4.79 Å². The highest BCUT2D eigenvalue weighted by atomic mass is 79.9. The van der Waals surface area contributed by atoms with Crippen LogP contribution in [0, 0.1) is 6.92 Å². The van der Waals surface area contributed by atoms with Crippen molar-refractivity contribution in [2.45, 2.75) is 6.92 Å². The fourth-order valence-electron chi connectivity index (χ4n) is 2.26. The van der Waals surface area contributed by atoms with Gasteiger partial charge in [-0.15, -0.1) is 0 Å². The van der Waals surface area contributed by atoms with Gasteiger partial charge in [0.2, 0.25) is 5.71 Å². The van der Waals surface area contributed by atoms with Gasteiger partial charge in [-0.3, -0.25) is 0 Å². The van der Waals surface area contributed by atoms with Gasteiger partial charge < -0.3 is 4.42 Å². The molecule has 0 N–H and O–H groups in total. The molecule has 2 heterocycles. The number of benzene rings is 1. The standard InChI is InChI=1S/C14H11BrN2O2/c1-8-10-11(9-6-4-3-5-7-9)12(15)14(18)19-13(10)17(2)16-8/h3-7H,1-2H3. The third-order valence-electron chi connectivity index (χ3n) is 3.07. The van der Waals surface area contributed by atoms with Crippen molar-refractivity contribution in [1.82, 2.24) is 9.78 Å². The number of hydrogen-bond donors (Lipinski definition) is 0. The topological polar surface area (TPSA) is 48.0 Å². The van der Waals surface area contributed by atoms with Crippen LogP contribution in [0.2, 0.25) is 0 Å². The predicted octanol–water partition coefficient (Wildman–Crippen LogP) is 3.26. The van der Waals surface area contributed by atoms with Crippen LogP contribution in [0.5, 0.6) is 0 Å². The minimum atomic E-state index is -0.394. The minimum Gasteiger partial charge on any atom is -0.403 e. The molecule has 3 rings (SSSR count). The monoisotopic (exact) mass is 318 g/mol. The summed E-state index contributed by atoms with van der Waals surface area (Å²) in [6, 6.07) is 9.74. The normalized spacial score (nSPS) is 11.1. The average molecular weight is 319 g/mol. The highest BCUT2D eigenvalue weighted by molar-refractivity contribution is 9.10. The zero-order chi connectivity index (χ0) is 13.6. The van der Waals surface area contributed by atoms with Crippen LogP contribution in [0.15, 0.2) is 44.0 Å². The molecule has 0 unspecified atom stereocenters. The highest BCUT2D eigenvalue weighted by Gasteiger charge is 2.19. The number of rotatable bonds is 1. The molecule has 0 saturated carbocycles. The van der Waals surface area contributed by atoms with Crippen molar-refractivity contribution >= 4 is 27.0 Å². The molecular weight excluding hydrogens is 308 g/mol. The fraction of sp³-hybridized carbons (Fsp3) is 0.143. The minimum absolute atomic E-state index is 0.394. The zero-order valence-corrected chi connectivity index (χ0v) is 12.1. The first-order chi connectivity index (χ1) is 9.09. The van der Waals surface area contributed by atoms with Gasteiger partial charge in [0.25, 0.3) is 0 Å². The molecule has 1 aromatic carbocycles. The van der Waals surface area contributed by atoms with Crippen molar-refractivity contribution in [1.29, 1.82) is 0 Å². The Morgan fingerprint density at radius 1 is 1.26 bits per heavy atom. The van der Waals surface area contributed by atoms with E-state index in [0.29, 0.717) is 10.2 Å². The summed E-state index contributed by atoms with van der Waals surface area (Å²) < 4.78 is 7.33. The SMILES string of the molecule is Cc1nn(C)c2oc(=O)c(Br)c(-c3ccccc3)c12. The molecule has 0 aliphatic carbocycles. The van der Waals surface area contributed by atoms with Crippen LogP contribution in [0.25, 0.3) is 22.2 Å². The summed E-state index contributed by atoms with van der Waals surface area (Å²) in [6.07, 6.45) is 0. The lowest BCUT2D eigenvalue weighted by molar-refractivity contribution is 0.520. The number of aromatic nitrogens is 2. The van der Waals surface area contributed by atoms with Crippen LogP contribution in [0.4, 0.5) is 0 Å². The lowest BCUT2D eigenvalue weighted by Gasteiger charge is -2.05. The first-order valence-corrected chi connectivity index (χ1v) is 6.60.